The molecule has 0 atom stereocenters. The van der Waals surface area contributed by atoms with Crippen molar-refractivity contribution in [1.82, 2.24) is 4.98 Å². The Labute approximate surface area is 145 Å². The highest BCUT2D eigenvalue weighted by Crippen LogP contribution is 2.22. The van der Waals surface area contributed by atoms with E-state index in [1.165, 1.54) is 24.3 Å². The number of hydrogen-bond donors (Lipinski definition) is 2. The standard InChI is InChI=1S/C9H8N2O.C9H5NO4/c10-8-3-1-2-7-6(8)4-5-11-9(7)12;11-9-7-2-1-3-8(10(12)13)6(7)4-5-14-9/h1-5H,10H2,(H,11,12);1-5H. The molecule has 0 aliphatic heterocycles. The second-order valence-electron chi connectivity index (χ2n) is 5.32. The fourth-order valence-electron chi connectivity index (χ4n) is 2.54. The van der Waals surface area contributed by atoms with Gasteiger partial charge in [0.1, 0.15) is 0 Å². The first-order valence-electron chi connectivity index (χ1n) is 7.50. The average Bonchev–Trinajstić information content (AvgIpc) is 2.63. The zero-order valence-corrected chi connectivity index (χ0v) is 13.3. The Kier molecular flexibility index (Phi) is 4.48. The quantitative estimate of drug-likeness (QED) is 0.308. The molecule has 0 unspecified atom stereocenters. The van der Waals surface area contributed by atoms with Crippen molar-refractivity contribution in [1.29, 1.82) is 0 Å². The number of nitrogens with two attached hydrogens (primary N) is 1. The third-order valence-corrected chi connectivity index (χ3v) is 3.76. The molecule has 4 rings (SSSR count). The number of rotatable bonds is 1. The van der Waals surface area contributed by atoms with E-state index in [-0.39, 0.29) is 16.6 Å². The lowest BCUT2D eigenvalue weighted by Gasteiger charge is -1.98. The Morgan fingerprint density at radius 2 is 1.65 bits per heavy atom. The molecular weight excluding hydrogens is 338 g/mol. The van der Waals surface area contributed by atoms with Crippen LogP contribution >= 0.6 is 0 Å². The maximum Gasteiger partial charge on any atom is 0.343 e. The van der Waals surface area contributed by atoms with Gasteiger partial charge in [-0.2, -0.15) is 0 Å². The number of nitrogen functional groups attached to an aromatic ring is 1. The van der Waals surface area contributed by atoms with E-state index in [0.717, 1.165) is 11.6 Å². The van der Waals surface area contributed by atoms with Gasteiger partial charge in [-0.25, -0.2) is 4.79 Å². The number of aromatic nitrogens is 1. The number of anilines is 1. The summed E-state index contributed by atoms with van der Waals surface area (Å²) in [7, 11) is 0. The summed E-state index contributed by atoms with van der Waals surface area (Å²) in [4.78, 5) is 35.0. The molecule has 2 heterocycles. The summed E-state index contributed by atoms with van der Waals surface area (Å²) in [5.41, 5.74) is 5.56. The molecule has 0 radical (unpaired) electrons. The van der Waals surface area contributed by atoms with Crippen LogP contribution in [0.2, 0.25) is 0 Å². The SMILES string of the molecule is Nc1cccc2c(=O)[nH]ccc12.O=c1occc2c([N+](=O)[O-])cccc12. The Bertz CT molecular complexity index is 1230. The van der Waals surface area contributed by atoms with Crippen LogP contribution in [0.15, 0.2) is 75.0 Å². The predicted molar refractivity (Wildman–Crippen MR) is 98.1 cm³/mol. The van der Waals surface area contributed by atoms with Crippen molar-refractivity contribution in [3.63, 3.8) is 0 Å². The van der Waals surface area contributed by atoms with E-state index >= 15 is 0 Å². The number of nitro benzene ring substituents is 1. The molecule has 130 valence electrons. The molecular formula is C18H13N3O5. The van der Waals surface area contributed by atoms with Crippen LogP contribution in [0.1, 0.15) is 0 Å². The van der Waals surface area contributed by atoms with Gasteiger partial charge < -0.3 is 15.1 Å². The first-order chi connectivity index (χ1) is 12.5. The summed E-state index contributed by atoms with van der Waals surface area (Å²) in [6.45, 7) is 0. The van der Waals surface area contributed by atoms with E-state index in [9.17, 15) is 19.7 Å². The van der Waals surface area contributed by atoms with E-state index in [1.54, 1.807) is 30.5 Å². The third-order valence-electron chi connectivity index (χ3n) is 3.76. The summed E-state index contributed by atoms with van der Waals surface area (Å²) in [5, 5.41) is 12.6. The van der Waals surface area contributed by atoms with Crippen LogP contribution in [0.4, 0.5) is 11.4 Å². The summed E-state index contributed by atoms with van der Waals surface area (Å²) in [5.74, 6) is 0. The maximum atomic E-state index is 11.2. The highest BCUT2D eigenvalue weighted by Gasteiger charge is 2.12. The number of hydrogen-bond acceptors (Lipinski definition) is 6. The van der Waals surface area contributed by atoms with Gasteiger partial charge in [-0.1, -0.05) is 12.1 Å². The molecule has 0 aliphatic carbocycles. The minimum atomic E-state index is -0.564. The van der Waals surface area contributed by atoms with Crippen LogP contribution in [0.25, 0.3) is 21.5 Å². The fraction of sp³-hybridized carbons (Fsp3) is 0. The van der Waals surface area contributed by atoms with Crippen LogP contribution in [0, 0.1) is 10.1 Å². The highest BCUT2D eigenvalue weighted by molar-refractivity contribution is 5.91. The van der Waals surface area contributed by atoms with Crippen molar-refractivity contribution in [2.24, 2.45) is 0 Å². The molecule has 0 saturated carbocycles. The summed E-state index contributed by atoms with van der Waals surface area (Å²) >= 11 is 0. The molecule has 0 amide bonds. The predicted octanol–water partition coefficient (Wildman–Crippen LogP) is 2.81. The van der Waals surface area contributed by atoms with E-state index in [1.807, 2.05) is 0 Å². The lowest BCUT2D eigenvalue weighted by atomic mass is 10.1. The fourth-order valence-corrected chi connectivity index (χ4v) is 2.54. The van der Waals surface area contributed by atoms with Gasteiger partial charge in [0.15, 0.2) is 0 Å². The normalized spacial score (nSPS) is 10.3. The number of nitrogens with zero attached hydrogens (tertiary/aromatic N) is 1. The number of nitrogens with one attached hydrogen (secondary N) is 1. The van der Waals surface area contributed by atoms with Crippen molar-refractivity contribution in [3.05, 3.63) is 91.9 Å². The van der Waals surface area contributed by atoms with Crippen LogP contribution < -0.4 is 16.9 Å². The average molecular weight is 351 g/mol. The van der Waals surface area contributed by atoms with E-state index in [0.29, 0.717) is 16.5 Å². The number of benzene rings is 2. The first kappa shape index (κ1) is 16.9. The maximum absolute atomic E-state index is 11.2. The lowest BCUT2D eigenvalue weighted by Crippen LogP contribution is -2.04. The molecule has 8 heteroatoms. The third kappa shape index (κ3) is 3.16. The number of non-ortho nitro benzene ring substituents is 1. The smallest absolute Gasteiger partial charge is 0.343 e. The van der Waals surface area contributed by atoms with Crippen LogP contribution in [-0.2, 0) is 0 Å². The monoisotopic (exact) mass is 351 g/mol. The summed E-state index contributed by atoms with van der Waals surface area (Å²) in [6.07, 6.45) is 2.75. The Balaban J connectivity index is 0.000000152. The zero-order valence-electron chi connectivity index (χ0n) is 13.3. The minimum absolute atomic E-state index is 0.0876. The van der Waals surface area contributed by atoms with Gasteiger partial charge in [0, 0.05) is 28.7 Å². The molecule has 3 N–H and O–H groups in total. The van der Waals surface area contributed by atoms with Crippen molar-refractivity contribution in [3.8, 4) is 0 Å². The van der Waals surface area contributed by atoms with Gasteiger partial charge in [0.05, 0.1) is 22.0 Å². The second kappa shape index (κ2) is 6.89. The van der Waals surface area contributed by atoms with Gasteiger partial charge in [-0.05, 0) is 30.3 Å². The number of nitro groups is 1. The van der Waals surface area contributed by atoms with Crippen LogP contribution in [0.3, 0.4) is 0 Å². The van der Waals surface area contributed by atoms with Gasteiger partial charge >= 0.3 is 5.63 Å². The van der Waals surface area contributed by atoms with Crippen molar-refractivity contribution in [2.45, 2.75) is 0 Å². The molecule has 2 aromatic heterocycles. The first-order valence-corrected chi connectivity index (χ1v) is 7.50. The number of aromatic amines is 1. The topological polar surface area (TPSA) is 132 Å². The molecule has 0 spiro atoms. The minimum Gasteiger partial charge on any atom is -0.431 e. The Morgan fingerprint density at radius 1 is 0.923 bits per heavy atom. The molecule has 0 saturated heterocycles. The van der Waals surface area contributed by atoms with Gasteiger partial charge in [0.2, 0.25) is 0 Å². The molecule has 8 nitrogen and oxygen atoms in total. The summed E-state index contributed by atoms with van der Waals surface area (Å²) < 4.78 is 4.60. The number of fused-ring (bicyclic) bond motifs is 2. The summed E-state index contributed by atoms with van der Waals surface area (Å²) in [6, 6.07) is 12.8. The van der Waals surface area contributed by atoms with Crippen molar-refractivity contribution in [2.75, 3.05) is 5.73 Å². The molecule has 26 heavy (non-hydrogen) atoms. The number of pyridine rings is 1. The largest absolute Gasteiger partial charge is 0.431 e. The van der Waals surface area contributed by atoms with E-state index < -0.39 is 10.5 Å². The molecule has 0 bridgehead atoms. The molecule has 0 aliphatic rings. The van der Waals surface area contributed by atoms with Gasteiger partial charge in [-0.15, -0.1) is 0 Å². The van der Waals surface area contributed by atoms with Crippen molar-refractivity contribution < 1.29 is 9.34 Å². The van der Waals surface area contributed by atoms with Gasteiger partial charge in [0.25, 0.3) is 11.2 Å². The highest BCUT2D eigenvalue weighted by atomic mass is 16.6. The van der Waals surface area contributed by atoms with E-state index in [4.69, 9.17) is 5.73 Å². The van der Waals surface area contributed by atoms with Crippen LogP contribution in [-0.4, -0.2) is 9.91 Å². The Hall–Kier alpha value is -3.94. The zero-order chi connectivity index (χ0) is 18.7. The van der Waals surface area contributed by atoms with Gasteiger partial charge in [-0.3, -0.25) is 14.9 Å². The second-order valence-corrected chi connectivity index (χ2v) is 5.32. The molecule has 0 fully saturated rings. The molecule has 2 aromatic carbocycles. The lowest BCUT2D eigenvalue weighted by molar-refractivity contribution is -0.383. The molecule has 4 aromatic rings. The Morgan fingerprint density at radius 3 is 2.38 bits per heavy atom. The van der Waals surface area contributed by atoms with Crippen LogP contribution in [0.5, 0.6) is 0 Å². The number of H-pyrrole nitrogens is 1. The van der Waals surface area contributed by atoms with E-state index in [2.05, 4.69) is 9.40 Å². The van der Waals surface area contributed by atoms with Crippen molar-refractivity contribution >= 4 is 32.9 Å².